The molecule has 92 valence electrons. The maximum Gasteiger partial charge on any atom is 0.347 e. The van der Waals surface area contributed by atoms with Crippen molar-refractivity contribution >= 4 is 17.6 Å². The fraction of sp³-hybridized carbons (Fsp3) is 0.273. The predicted molar refractivity (Wildman–Crippen MR) is 60.2 cm³/mol. The molecule has 0 heterocycles. The molecular weight excluding hydrogens is 226 g/mol. The average molecular weight is 239 g/mol. The molecule has 1 aromatic carbocycles. The van der Waals surface area contributed by atoms with Crippen LogP contribution in [0.5, 0.6) is 5.75 Å². The Kier molecular flexibility index (Phi) is 3.26. The molecule has 6 nitrogen and oxygen atoms in total. The van der Waals surface area contributed by atoms with Crippen LogP contribution in [0.2, 0.25) is 0 Å². The van der Waals surface area contributed by atoms with Crippen LogP contribution in [0, 0.1) is 0 Å². The quantitative estimate of drug-likeness (QED) is 0.681. The number of benzene rings is 1. The molecule has 1 aromatic rings. The predicted octanol–water partition coefficient (Wildman–Crippen LogP) is 1.21. The van der Waals surface area contributed by atoms with E-state index in [9.17, 15) is 9.59 Å². The first kappa shape index (κ1) is 12.8. The minimum Gasteiger partial charge on any atom is -0.478 e. The smallest absolute Gasteiger partial charge is 0.347 e. The van der Waals surface area contributed by atoms with Crippen LogP contribution in [-0.4, -0.2) is 27.8 Å². The summed E-state index contributed by atoms with van der Waals surface area (Å²) in [6.07, 6.45) is 0. The Balaban J connectivity index is 3.15. The lowest BCUT2D eigenvalue weighted by atomic mass is 10.1. The van der Waals surface area contributed by atoms with Crippen LogP contribution in [0.1, 0.15) is 24.2 Å². The molecule has 0 atom stereocenters. The summed E-state index contributed by atoms with van der Waals surface area (Å²) in [5, 5.41) is 17.8. The van der Waals surface area contributed by atoms with E-state index in [0.717, 1.165) is 0 Å². The Morgan fingerprint density at radius 2 is 1.88 bits per heavy atom. The van der Waals surface area contributed by atoms with E-state index in [0.29, 0.717) is 0 Å². The highest BCUT2D eigenvalue weighted by molar-refractivity contribution is 5.92. The van der Waals surface area contributed by atoms with Gasteiger partial charge in [-0.25, -0.2) is 9.59 Å². The van der Waals surface area contributed by atoms with Gasteiger partial charge in [-0.2, -0.15) is 0 Å². The van der Waals surface area contributed by atoms with Crippen LogP contribution in [-0.2, 0) is 4.79 Å². The van der Waals surface area contributed by atoms with E-state index in [-0.39, 0.29) is 17.0 Å². The second-order valence-electron chi connectivity index (χ2n) is 3.98. The molecule has 0 spiro atoms. The molecule has 0 saturated carbocycles. The number of hydrogen-bond acceptors (Lipinski definition) is 4. The molecule has 6 heteroatoms. The van der Waals surface area contributed by atoms with Crippen LogP contribution >= 0.6 is 0 Å². The number of hydrogen-bond donors (Lipinski definition) is 3. The first-order valence-corrected chi connectivity index (χ1v) is 4.79. The molecule has 1 rings (SSSR count). The number of rotatable bonds is 4. The molecule has 0 bridgehead atoms. The summed E-state index contributed by atoms with van der Waals surface area (Å²) >= 11 is 0. The number of carboxylic acids is 2. The van der Waals surface area contributed by atoms with Gasteiger partial charge in [-0.15, -0.1) is 0 Å². The van der Waals surface area contributed by atoms with Crippen molar-refractivity contribution < 1.29 is 24.5 Å². The van der Waals surface area contributed by atoms with E-state index < -0.39 is 17.5 Å². The van der Waals surface area contributed by atoms with Crippen molar-refractivity contribution in [2.24, 2.45) is 0 Å². The SMILES string of the molecule is CC(C)(Oc1ccc(N)cc1C(=O)O)C(=O)O. The van der Waals surface area contributed by atoms with Crippen molar-refractivity contribution in [3.63, 3.8) is 0 Å². The highest BCUT2D eigenvalue weighted by atomic mass is 16.5. The van der Waals surface area contributed by atoms with Gasteiger partial charge in [0.15, 0.2) is 5.60 Å². The number of carbonyl (C=O) groups is 2. The van der Waals surface area contributed by atoms with Gasteiger partial charge in [-0.3, -0.25) is 0 Å². The summed E-state index contributed by atoms with van der Waals surface area (Å²) in [6, 6.07) is 4.00. The highest BCUT2D eigenvalue weighted by Gasteiger charge is 2.31. The molecule has 0 aliphatic rings. The standard InChI is InChI=1S/C11H13NO5/c1-11(2,10(15)16)17-8-4-3-6(12)5-7(8)9(13)14/h3-5H,12H2,1-2H3,(H,13,14)(H,15,16). The van der Waals surface area contributed by atoms with Crippen molar-refractivity contribution in [2.45, 2.75) is 19.4 Å². The van der Waals surface area contributed by atoms with Gasteiger partial charge in [0.1, 0.15) is 11.3 Å². The number of ether oxygens (including phenoxy) is 1. The Morgan fingerprint density at radius 1 is 1.29 bits per heavy atom. The van der Waals surface area contributed by atoms with E-state index in [1.807, 2.05) is 0 Å². The molecular formula is C11H13NO5. The Hall–Kier alpha value is -2.24. The van der Waals surface area contributed by atoms with Crippen LogP contribution in [0.4, 0.5) is 5.69 Å². The zero-order chi connectivity index (χ0) is 13.2. The first-order valence-electron chi connectivity index (χ1n) is 4.79. The first-order chi connectivity index (χ1) is 7.74. The second-order valence-corrected chi connectivity index (χ2v) is 3.98. The number of aliphatic carboxylic acids is 1. The van der Waals surface area contributed by atoms with E-state index >= 15 is 0 Å². The van der Waals surface area contributed by atoms with Crippen molar-refractivity contribution in [1.29, 1.82) is 0 Å². The topological polar surface area (TPSA) is 110 Å². The number of aromatic carboxylic acids is 1. The summed E-state index contributed by atoms with van der Waals surface area (Å²) in [4.78, 5) is 21.8. The lowest BCUT2D eigenvalue weighted by molar-refractivity contribution is -0.152. The van der Waals surface area contributed by atoms with Gasteiger partial charge in [0, 0.05) is 5.69 Å². The minimum absolute atomic E-state index is 0.0286. The Bertz CT molecular complexity index is 467. The number of carboxylic acid groups (broad SMARTS) is 2. The van der Waals surface area contributed by atoms with Gasteiger partial charge < -0.3 is 20.7 Å². The summed E-state index contributed by atoms with van der Waals surface area (Å²) in [7, 11) is 0. The zero-order valence-electron chi connectivity index (χ0n) is 9.43. The van der Waals surface area contributed by atoms with Crippen molar-refractivity contribution in [3.8, 4) is 5.75 Å². The van der Waals surface area contributed by atoms with E-state index in [2.05, 4.69) is 0 Å². The van der Waals surface area contributed by atoms with Crippen LogP contribution in [0.25, 0.3) is 0 Å². The monoisotopic (exact) mass is 239 g/mol. The van der Waals surface area contributed by atoms with Gasteiger partial charge in [-0.05, 0) is 32.0 Å². The lowest BCUT2D eigenvalue weighted by Crippen LogP contribution is -2.38. The minimum atomic E-state index is -1.51. The average Bonchev–Trinajstić information content (AvgIpc) is 2.19. The summed E-state index contributed by atoms with van der Waals surface area (Å²) in [5.41, 5.74) is 4.04. The zero-order valence-corrected chi connectivity index (χ0v) is 9.43. The van der Waals surface area contributed by atoms with Crippen LogP contribution < -0.4 is 10.5 Å². The van der Waals surface area contributed by atoms with Crippen LogP contribution in [0.15, 0.2) is 18.2 Å². The molecule has 4 N–H and O–H groups in total. The third-order valence-electron chi connectivity index (χ3n) is 2.11. The molecule has 0 aromatic heterocycles. The van der Waals surface area contributed by atoms with E-state index in [4.69, 9.17) is 20.7 Å². The molecule has 0 saturated heterocycles. The fourth-order valence-electron chi connectivity index (χ4n) is 1.12. The van der Waals surface area contributed by atoms with Gasteiger partial charge in [0.2, 0.25) is 0 Å². The third-order valence-corrected chi connectivity index (χ3v) is 2.11. The molecule has 17 heavy (non-hydrogen) atoms. The maximum atomic E-state index is 10.9. The Labute approximate surface area is 97.6 Å². The van der Waals surface area contributed by atoms with Gasteiger partial charge in [0.05, 0.1) is 0 Å². The van der Waals surface area contributed by atoms with Gasteiger partial charge in [0.25, 0.3) is 0 Å². The molecule has 0 unspecified atom stereocenters. The van der Waals surface area contributed by atoms with Crippen molar-refractivity contribution in [1.82, 2.24) is 0 Å². The van der Waals surface area contributed by atoms with E-state index in [1.165, 1.54) is 32.0 Å². The van der Waals surface area contributed by atoms with E-state index in [1.54, 1.807) is 0 Å². The molecule has 0 fully saturated rings. The van der Waals surface area contributed by atoms with Crippen molar-refractivity contribution in [3.05, 3.63) is 23.8 Å². The van der Waals surface area contributed by atoms with Gasteiger partial charge in [-0.1, -0.05) is 0 Å². The third kappa shape index (κ3) is 2.87. The van der Waals surface area contributed by atoms with Crippen LogP contribution in [0.3, 0.4) is 0 Å². The maximum absolute atomic E-state index is 10.9. The molecule has 0 radical (unpaired) electrons. The number of nitrogen functional groups attached to an aromatic ring is 1. The normalized spacial score (nSPS) is 10.9. The number of anilines is 1. The molecule has 0 aliphatic carbocycles. The lowest BCUT2D eigenvalue weighted by Gasteiger charge is -2.22. The summed E-state index contributed by atoms with van der Waals surface area (Å²) in [6.45, 7) is 2.66. The highest BCUT2D eigenvalue weighted by Crippen LogP contribution is 2.25. The Morgan fingerprint density at radius 3 is 2.35 bits per heavy atom. The fourth-order valence-corrected chi connectivity index (χ4v) is 1.12. The summed E-state index contributed by atoms with van der Waals surface area (Å²) < 4.78 is 5.17. The van der Waals surface area contributed by atoms with Crippen molar-refractivity contribution in [2.75, 3.05) is 5.73 Å². The van der Waals surface area contributed by atoms with Gasteiger partial charge >= 0.3 is 11.9 Å². The molecule has 0 aliphatic heterocycles. The molecule has 0 amide bonds. The summed E-state index contributed by atoms with van der Waals surface area (Å²) in [5.74, 6) is -2.45. The number of nitrogens with two attached hydrogens (primary N) is 1. The second kappa shape index (κ2) is 4.32. The largest absolute Gasteiger partial charge is 0.478 e.